The molecule has 3 heteroatoms. The predicted molar refractivity (Wildman–Crippen MR) is 77.3 cm³/mol. The molecule has 2 aliphatic rings. The lowest BCUT2D eigenvalue weighted by atomic mass is 9.93. The first-order chi connectivity index (χ1) is 9.25. The van der Waals surface area contributed by atoms with Gasteiger partial charge in [-0.3, -0.25) is 4.90 Å². The number of hydrogen-bond donors (Lipinski definition) is 1. The van der Waals surface area contributed by atoms with Crippen LogP contribution in [0.2, 0.25) is 0 Å². The van der Waals surface area contributed by atoms with Crippen molar-refractivity contribution < 1.29 is 4.42 Å². The maximum atomic E-state index is 6.08. The van der Waals surface area contributed by atoms with Gasteiger partial charge in [0.25, 0.3) is 0 Å². The van der Waals surface area contributed by atoms with Crippen molar-refractivity contribution in [1.29, 1.82) is 0 Å². The van der Waals surface area contributed by atoms with E-state index in [1.165, 1.54) is 37.0 Å². The molecule has 2 heterocycles. The SMILES string of the molecule is Cc1cc([C@@H](C2CCCC2)N2CCNCC2)oc1C. The van der Waals surface area contributed by atoms with Crippen molar-refractivity contribution in [3.05, 3.63) is 23.2 Å². The van der Waals surface area contributed by atoms with Crippen LogP contribution in [0.5, 0.6) is 0 Å². The summed E-state index contributed by atoms with van der Waals surface area (Å²) in [6, 6.07) is 2.79. The molecule has 1 aromatic rings. The Labute approximate surface area is 116 Å². The molecule has 1 N–H and O–H groups in total. The summed E-state index contributed by atoms with van der Waals surface area (Å²) < 4.78 is 6.08. The molecule has 0 radical (unpaired) electrons. The van der Waals surface area contributed by atoms with Crippen LogP contribution in [0.3, 0.4) is 0 Å². The zero-order valence-electron chi connectivity index (χ0n) is 12.2. The third-order valence-corrected chi connectivity index (χ3v) is 4.87. The lowest BCUT2D eigenvalue weighted by molar-refractivity contribution is 0.107. The van der Waals surface area contributed by atoms with E-state index in [2.05, 4.69) is 30.1 Å². The maximum Gasteiger partial charge on any atom is 0.121 e. The molecule has 1 aliphatic heterocycles. The highest BCUT2D eigenvalue weighted by molar-refractivity contribution is 5.21. The molecule has 0 spiro atoms. The van der Waals surface area contributed by atoms with Crippen molar-refractivity contribution >= 4 is 0 Å². The van der Waals surface area contributed by atoms with Crippen LogP contribution in [0.15, 0.2) is 10.5 Å². The monoisotopic (exact) mass is 262 g/mol. The number of nitrogens with zero attached hydrogens (tertiary/aromatic N) is 1. The molecule has 19 heavy (non-hydrogen) atoms. The third kappa shape index (κ3) is 2.72. The van der Waals surface area contributed by atoms with Gasteiger partial charge in [-0.05, 0) is 44.2 Å². The van der Waals surface area contributed by atoms with E-state index in [1.807, 2.05) is 0 Å². The Balaban J connectivity index is 1.86. The van der Waals surface area contributed by atoms with Crippen LogP contribution in [-0.2, 0) is 0 Å². The van der Waals surface area contributed by atoms with E-state index in [0.717, 1.165) is 37.9 Å². The van der Waals surface area contributed by atoms with E-state index >= 15 is 0 Å². The summed E-state index contributed by atoms with van der Waals surface area (Å²) in [4.78, 5) is 2.64. The lowest BCUT2D eigenvalue weighted by Crippen LogP contribution is -2.46. The van der Waals surface area contributed by atoms with Gasteiger partial charge in [0.05, 0.1) is 6.04 Å². The van der Waals surface area contributed by atoms with Gasteiger partial charge in [-0.25, -0.2) is 0 Å². The van der Waals surface area contributed by atoms with E-state index in [9.17, 15) is 0 Å². The van der Waals surface area contributed by atoms with Gasteiger partial charge in [0, 0.05) is 26.2 Å². The van der Waals surface area contributed by atoms with Gasteiger partial charge in [-0.15, -0.1) is 0 Å². The van der Waals surface area contributed by atoms with Crippen molar-refractivity contribution in [2.75, 3.05) is 26.2 Å². The zero-order chi connectivity index (χ0) is 13.2. The third-order valence-electron chi connectivity index (χ3n) is 4.87. The van der Waals surface area contributed by atoms with Crippen molar-refractivity contribution in [2.24, 2.45) is 5.92 Å². The standard InChI is InChI=1S/C16H26N2O/c1-12-11-15(19-13(12)2)16(14-5-3-4-6-14)18-9-7-17-8-10-18/h11,14,16-17H,3-10H2,1-2H3/t16-/m1/s1. The molecule has 3 rings (SSSR count). The molecule has 1 saturated heterocycles. The van der Waals surface area contributed by atoms with Crippen LogP contribution in [0.1, 0.15) is 48.8 Å². The summed E-state index contributed by atoms with van der Waals surface area (Å²) in [6.07, 6.45) is 5.53. The minimum absolute atomic E-state index is 0.511. The first-order valence-electron chi connectivity index (χ1n) is 7.77. The maximum absolute atomic E-state index is 6.08. The molecule has 1 aromatic heterocycles. The van der Waals surface area contributed by atoms with Crippen molar-refractivity contribution in [3.8, 4) is 0 Å². The van der Waals surface area contributed by atoms with E-state index in [0.29, 0.717) is 6.04 Å². The Bertz CT molecular complexity index is 395. The molecule has 0 amide bonds. The summed E-state index contributed by atoms with van der Waals surface area (Å²) >= 11 is 0. The fourth-order valence-corrected chi connectivity index (χ4v) is 3.69. The largest absolute Gasteiger partial charge is 0.464 e. The molecule has 0 bridgehead atoms. The molecular formula is C16H26N2O. The van der Waals surface area contributed by atoms with Gasteiger partial charge in [0.15, 0.2) is 0 Å². The number of hydrogen-bond acceptors (Lipinski definition) is 3. The lowest BCUT2D eigenvalue weighted by Gasteiger charge is -2.37. The van der Waals surface area contributed by atoms with Crippen molar-refractivity contribution in [1.82, 2.24) is 10.2 Å². The quantitative estimate of drug-likeness (QED) is 0.907. The van der Waals surface area contributed by atoms with E-state index in [-0.39, 0.29) is 0 Å². The molecule has 3 nitrogen and oxygen atoms in total. The Hall–Kier alpha value is -0.800. The molecule has 106 valence electrons. The fourth-order valence-electron chi connectivity index (χ4n) is 3.69. The highest BCUT2D eigenvalue weighted by Crippen LogP contribution is 2.40. The minimum Gasteiger partial charge on any atom is -0.464 e. The van der Waals surface area contributed by atoms with Gasteiger partial charge >= 0.3 is 0 Å². The van der Waals surface area contributed by atoms with Gasteiger partial charge in [-0.1, -0.05) is 12.8 Å². The second kappa shape index (κ2) is 5.68. The second-order valence-electron chi connectivity index (χ2n) is 6.16. The smallest absolute Gasteiger partial charge is 0.121 e. The topological polar surface area (TPSA) is 28.4 Å². The van der Waals surface area contributed by atoms with Crippen LogP contribution in [0.4, 0.5) is 0 Å². The van der Waals surface area contributed by atoms with Crippen molar-refractivity contribution in [3.63, 3.8) is 0 Å². The summed E-state index contributed by atoms with van der Waals surface area (Å²) in [7, 11) is 0. The zero-order valence-corrected chi connectivity index (χ0v) is 12.2. The highest BCUT2D eigenvalue weighted by Gasteiger charge is 2.34. The van der Waals surface area contributed by atoms with Gasteiger partial charge < -0.3 is 9.73 Å². The number of rotatable bonds is 3. The Morgan fingerprint density at radius 1 is 1.21 bits per heavy atom. The summed E-state index contributed by atoms with van der Waals surface area (Å²) in [5.41, 5.74) is 1.30. The molecular weight excluding hydrogens is 236 g/mol. The average Bonchev–Trinajstić information content (AvgIpc) is 3.03. The van der Waals surface area contributed by atoms with E-state index in [4.69, 9.17) is 4.42 Å². The number of furan rings is 1. The van der Waals surface area contributed by atoms with Gasteiger partial charge in [-0.2, -0.15) is 0 Å². The predicted octanol–water partition coefficient (Wildman–Crippen LogP) is 3.03. The average molecular weight is 262 g/mol. The molecule has 1 atom stereocenters. The first kappa shape index (κ1) is 13.2. The Morgan fingerprint density at radius 3 is 2.47 bits per heavy atom. The second-order valence-corrected chi connectivity index (χ2v) is 6.16. The summed E-state index contributed by atoms with van der Waals surface area (Å²) in [5.74, 6) is 3.10. The molecule has 1 aliphatic carbocycles. The Morgan fingerprint density at radius 2 is 1.89 bits per heavy atom. The van der Waals surface area contributed by atoms with Gasteiger partial charge in [0.2, 0.25) is 0 Å². The van der Waals surface area contributed by atoms with Gasteiger partial charge in [0.1, 0.15) is 11.5 Å². The Kier molecular flexibility index (Phi) is 3.94. The summed E-state index contributed by atoms with van der Waals surface area (Å²) in [5, 5.41) is 3.46. The molecule has 0 unspecified atom stereocenters. The minimum atomic E-state index is 0.511. The normalized spacial score (nSPS) is 23.9. The number of aryl methyl sites for hydroxylation is 2. The molecule has 2 fully saturated rings. The van der Waals surface area contributed by atoms with E-state index in [1.54, 1.807) is 0 Å². The number of nitrogens with one attached hydrogen (secondary N) is 1. The van der Waals surface area contributed by atoms with Crippen LogP contribution < -0.4 is 5.32 Å². The highest BCUT2D eigenvalue weighted by atomic mass is 16.3. The van der Waals surface area contributed by atoms with Crippen LogP contribution in [0.25, 0.3) is 0 Å². The van der Waals surface area contributed by atoms with Crippen LogP contribution in [0, 0.1) is 19.8 Å². The van der Waals surface area contributed by atoms with Crippen LogP contribution in [-0.4, -0.2) is 31.1 Å². The molecule has 1 saturated carbocycles. The fraction of sp³-hybridized carbons (Fsp3) is 0.750. The van der Waals surface area contributed by atoms with E-state index < -0.39 is 0 Å². The van der Waals surface area contributed by atoms with Crippen molar-refractivity contribution in [2.45, 2.75) is 45.6 Å². The summed E-state index contributed by atoms with van der Waals surface area (Å²) in [6.45, 7) is 8.78. The van der Waals surface area contributed by atoms with Crippen LogP contribution >= 0.6 is 0 Å². The number of piperazine rings is 1. The molecule has 0 aromatic carbocycles. The first-order valence-corrected chi connectivity index (χ1v) is 7.77.